The Bertz CT molecular complexity index is 1100. The standard InChI is InChI=1S/C21H15ClN2S/c22-21(23)24-18-12-16(14-7-3-1-2-4-8-14)13-20-17(18)11-15-9-5-6-10-19(15)25-20/h1,3-13,23H,2H2/b23-21?,24-18-. The summed E-state index contributed by atoms with van der Waals surface area (Å²) in [6, 6.07) is 14.6. The number of hydrogen-bond donors (Lipinski definition) is 1. The summed E-state index contributed by atoms with van der Waals surface area (Å²) in [5, 5.41) is 9.28. The van der Waals surface area contributed by atoms with Crippen molar-refractivity contribution in [2.24, 2.45) is 4.99 Å². The van der Waals surface area contributed by atoms with Gasteiger partial charge in [-0.05, 0) is 58.8 Å². The molecular weight excluding hydrogens is 348 g/mol. The lowest BCUT2D eigenvalue weighted by Crippen LogP contribution is -2.09. The van der Waals surface area contributed by atoms with E-state index in [1.807, 2.05) is 12.1 Å². The number of nitrogens with one attached hydrogen (secondary N) is 1. The van der Waals surface area contributed by atoms with Crippen LogP contribution in [0.25, 0.3) is 26.1 Å². The lowest BCUT2D eigenvalue weighted by molar-refractivity contribution is 1.37. The van der Waals surface area contributed by atoms with E-state index in [9.17, 15) is 0 Å². The molecule has 1 N–H and O–H groups in total. The zero-order chi connectivity index (χ0) is 17.2. The number of nitrogens with zero attached hydrogens (tertiary/aromatic N) is 1. The van der Waals surface area contributed by atoms with Crippen LogP contribution in [0.2, 0.25) is 0 Å². The van der Waals surface area contributed by atoms with Crippen LogP contribution in [0.4, 0.5) is 0 Å². The summed E-state index contributed by atoms with van der Waals surface area (Å²) in [4.78, 5) is 5.39. The van der Waals surface area contributed by atoms with Gasteiger partial charge in [-0.25, -0.2) is 4.99 Å². The van der Waals surface area contributed by atoms with E-state index in [0.29, 0.717) is 0 Å². The molecule has 0 fully saturated rings. The van der Waals surface area contributed by atoms with Crippen molar-refractivity contribution in [1.82, 2.24) is 0 Å². The topological polar surface area (TPSA) is 36.2 Å². The van der Waals surface area contributed by atoms with Gasteiger partial charge in [0.25, 0.3) is 0 Å². The number of fused-ring (bicyclic) bond motifs is 2. The number of rotatable bonds is 1. The first-order valence-electron chi connectivity index (χ1n) is 8.00. The van der Waals surface area contributed by atoms with Crippen LogP contribution >= 0.6 is 22.9 Å². The maximum atomic E-state index is 7.58. The fourth-order valence-electron chi connectivity index (χ4n) is 2.94. The first-order chi connectivity index (χ1) is 12.2. The molecule has 0 spiro atoms. The van der Waals surface area contributed by atoms with Gasteiger partial charge in [-0.2, -0.15) is 0 Å². The maximum Gasteiger partial charge on any atom is 0.215 e. The fourth-order valence-corrected chi connectivity index (χ4v) is 4.12. The van der Waals surface area contributed by atoms with E-state index in [-0.39, 0.29) is 5.29 Å². The van der Waals surface area contributed by atoms with E-state index >= 15 is 0 Å². The highest BCUT2D eigenvalue weighted by atomic mass is 35.5. The van der Waals surface area contributed by atoms with Crippen molar-refractivity contribution in [3.05, 3.63) is 83.8 Å². The largest absolute Gasteiger partial charge is 0.272 e. The predicted molar refractivity (Wildman–Crippen MR) is 108 cm³/mol. The fraction of sp³-hybridized carbons (Fsp3) is 0.0476. The molecule has 1 aromatic carbocycles. The summed E-state index contributed by atoms with van der Waals surface area (Å²) in [6.45, 7) is 0. The molecular formula is C21H15ClN2S. The molecule has 3 aliphatic rings. The van der Waals surface area contributed by atoms with Crippen LogP contribution in [-0.2, 0) is 0 Å². The van der Waals surface area contributed by atoms with Crippen LogP contribution in [0.5, 0.6) is 0 Å². The molecule has 4 heteroatoms. The van der Waals surface area contributed by atoms with E-state index < -0.39 is 0 Å². The van der Waals surface area contributed by atoms with Crippen LogP contribution in [0.1, 0.15) is 12.0 Å². The summed E-state index contributed by atoms with van der Waals surface area (Å²) in [6.07, 6.45) is 11.5. The van der Waals surface area contributed by atoms with Gasteiger partial charge < -0.3 is 0 Å². The summed E-state index contributed by atoms with van der Waals surface area (Å²) in [5.41, 5.74) is 3.23. The van der Waals surface area contributed by atoms with Gasteiger partial charge in [0.2, 0.25) is 5.29 Å². The zero-order valence-electron chi connectivity index (χ0n) is 13.4. The van der Waals surface area contributed by atoms with Crippen molar-refractivity contribution < 1.29 is 0 Å². The molecule has 0 amide bonds. The van der Waals surface area contributed by atoms with Gasteiger partial charge in [0.05, 0.1) is 5.36 Å². The molecule has 0 bridgehead atoms. The normalized spacial score (nSPS) is 14.8. The SMILES string of the molecule is N=C(Cl)/N=c1/cc(C2=CC=CCC=C2)cc2sc3ccccc3cc1-2. The van der Waals surface area contributed by atoms with Gasteiger partial charge in [-0.15, -0.1) is 11.3 Å². The number of amidine groups is 1. The summed E-state index contributed by atoms with van der Waals surface area (Å²) < 4.78 is 1.23. The van der Waals surface area contributed by atoms with Crippen LogP contribution in [-0.4, -0.2) is 5.29 Å². The Morgan fingerprint density at radius 3 is 2.88 bits per heavy atom. The molecule has 4 rings (SSSR count). The Hall–Kier alpha value is -2.49. The van der Waals surface area contributed by atoms with Crippen LogP contribution in [0.3, 0.4) is 0 Å². The Kier molecular flexibility index (Phi) is 4.35. The number of hydrogen-bond acceptors (Lipinski definition) is 2. The van der Waals surface area contributed by atoms with Crippen LogP contribution in [0.15, 0.2) is 77.8 Å². The third-order valence-electron chi connectivity index (χ3n) is 4.09. The first kappa shape index (κ1) is 16.0. The first-order valence-corrected chi connectivity index (χ1v) is 9.19. The quantitative estimate of drug-likeness (QED) is 0.239. The maximum absolute atomic E-state index is 7.58. The van der Waals surface area contributed by atoms with E-state index in [4.69, 9.17) is 17.0 Å². The molecule has 0 saturated heterocycles. The molecule has 0 radical (unpaired) electrons. The third-order valence-corrected chi connectivity index (χ3v) is 5.33. The Morgan fingerprint density at radius 1 is 1.12 bits per heavy atom. The number of benzene rings is 2. The van der Waals surface area contributed by atoms with Gasteiger partial charge in [-0.3, -0.25) is 5.41 Å². The molecule has 0 atom stereocenters. The highest BCUT2D eigenvalue weighted by Gasteiger charge is 2.11. The highest BCUT2D eigenvalue weighted by molar-refractivity contribution is 7.21. The molecule has 122 valence electrons. The van der Waals surface area contributed by atoms with Crippen LogP contribution < -0.4 is 5.36 Å². The van der Waals surface area contributed by atoms with Crippen molar-refractivity contribution in [2.75, 3.05) is 0 Å². The Labute approximate surface area is 155 Å². The molecule has 0 aromatic heterocycles. The minimum Gasteiger partial charge on any atom is -0.272 e. The van der Waals surface area contributed by atoms with Gasteiger partial charge in [0, 0.05) is 15.1 Å². The van der Waals surface area contributed by atoms with E-state index in [1.54, 1.807) is 11.3 Å². The lowest BCUT2D eigenvalue weighted by atomic mass is 10.0. The average Bonchev–Trinajstić information content (AvgIpc) is 2.89. The second-order valence-corrected chi connectivity index (χ2v) is 7.22. The van der Waals surface area contributed by atoms with Gasteiger partial charge >= 0.3 is 0 Å². The minimum atomic E-state index is -0.207. The molecule has 2 aliphatic carbocycles. The molecule has 2 nitrogen and oxygen atoms in total. The lowest BCUT2D eigenvalue weighted by Gasteiger charge is -2.11. The second kappa shape index (κ2) is 6.79. The predicted octanol–water partition coefficient (Wildman–Crippen LogP) is 5.98. The van der Waals surface area contributed by atoms with Crippen molar-refractivity contribution >= 4 is 43.9 Å². The smallest absolute Gasteiger partial charge is 0.215 e. The molecule has 25 heavy (non-hydrogen) atoms. The van der Waals surface area contributed by atoms with E-state index in [2.05, 4.69) is 65.7 Å². The zero-order valence-corrected chi connectivity index (χ0v) is 14.9. The summed E-state index contributed by atoms with van der Waals surface area (Å²) in [5.74, 6) is 0. The van der Waals surface area contributed by atoms with E-state index in [0.717, 1.165) is 33.4 Å². The molecule has 0 unspecified atom stereocenters. The Balaban J connectivity index is 2.05. The van der Waals surface area contributed by atoms with Gasteiger partial charge in [-0.1, -0.05) is 48.6 Å². The molecule has 1 heterocycles. The second-order valence-electron chi connectivity index (χ2n) is 5.78. The van der Waals surface area contributed by atoms with Crippen molar-refractivity contribution in [3.63, 3.8) is 0 Å². The third kappa shape index (κ3) is 3.34. The van der Waals surface area contributed by atoms with Crippen molar-refractivity contribution in [3.8, 4) is 10.4 Å². The van der Waals surface area contributed by atoms with Crippen molar-refractivity contribution in [1.29, 1.82) is 5.41 Å². The number of allylic oxidation sites excluding steroid dienone is 6. The average molecular weight is 363 g/mol. The molecule has 1 aromatic rings. The van der Waals surface area contributed by atoms with E-state index in [1.165, 1.54) is 10.1 Å². The van der Waals surface area contributed by atoms with Gasteiger partial charge in [0.1, 0.15) is 0 Å². The van der Waals surface area contributed by atoms with Crippen molar-refractivity contribution in [2.45, 2.75) is 6.42 Å². The Morgan fingerprint density at radius 2 is 2.00 bits per heavy atom. The van der Waals surface area contributed by atoms with Gasteiger partial charge in [0.15, 0.2) is 0 Å². The monoisotopic (exact) mass is 362 g/mol. The highest BCUT2D eigenvalue weighted by Crippen LogP contribution is 2.33. The molecule has 1 aliphatic heterocycles. The minimum absolute atomic E-state index is 0.207. The molecule has 0 saturated carbocycles. The summed E-state index contributed by atoms with van der Waals surface area (Å²) >= 11 is 7.51. The number of halogens is 1. The van der Waals surface area contributed by atoms with Crippen LogP contribution in [0, 0.1) is 5.41 Å². The summed E-state index contributed by atoms with van der Waals surface area (Å²) in [7, 11) is 0.